The Hall–Kier alpha value is -3.58. The number of aliphatic hydroxyl groups is 2. The van der Waals surface area contributed by atoms with Crippen molar-refractivity contribution in [1.82, 2.24) is 0 Å². The number of unbranched alkanes of at least 4 members (excludes halogenated alkanes) is 30. The van der Waals surface area contributed by atoms with Gasteiger partial charge in [-0.05, 0) is 44.9 Å². The maximum atomic E-state index is 13.2. The average molecular weight is 1090 g/mol. The maximum absolute atomic E-state index is 13.2. The molecule has 0 aromatic carbocycles. The van der Waals surface area contributed by atoms with Crippen LogP contribution >= 0.6 is 0 Å². The molecule has 1 aliphatic heterocycles. The Balaban J connectivity index is 2.68. The van der Waals surface area contributed by atoms with Crippen molar-refractivity contribution in [3.05, 3.63) is 60.8 Å². The van der Waals surface area contributed by atoms with Gasteiger partial charge in [-0.1, -0.05) is 274 Å². The van der Waals surface area contributed by atoms with Gasteiger partial charge in [0, 0.05) is 12.8 Å². The molecular weight excluding hydrogens is 973 g/mol. The van der Waals surface area contributed by atoms with Crippen LogP contribution in [0.3, 0.4) is 0 Å². The summed E-state index contributed by atoms with van der Waals surface area (Å²) in [4.78, 5) is 51.1. The van der Waals surface area contributed by atoms with Crippen LogP contribution in [0.15, 0.2) is 60.8 Å². The van der Waals surface area contributed by atoms with Crippen LogP contribution in [0.5, 0.6) is 0 Å². The topological polar surface area (TPSA) is 175 Å². The third-order valence-electron chi connectivity index (χ3n) is 14.1. The molecule has 77 heavy (non-hydrogen) atoms. The Morgan fingerprint density at radius 3 is 1.19 bits per heavy atom. The second-order valence-electron chi connectivity index (χ2n) is 21.3. The Morgan fingerprint density at radius 1 is 0.442 bits per heavy atom. The summed E-state index contributed by atoms with van der Waals surface area (Å²) in [7, 11) is 0. The van der Waals surface area contributed by atoms with E-state index in [1.165, 1.54) is 154 Å². The highest BCUT2D eigenvalue weighted by Gasteiger charge is 2.50. The predicted octanol–water partition coefficient (Wildman–Crippen LogP) is 16.3. The third kappa shape index (κ3) is 43.0. The molecule has 1 saturated heterocycles. The molecule has 0 aliphatic carbocycles. The average Bonchev–Trinajstić information content (AvgIpc) is 3.42. The lowest BCUT2D eigenvalue weighted by Crippen LogP contribution is -2.61. The molecule has 0 amide bonds. The molecule has 12 heteroatoms. The van der Waals surface area contributed by atoms with E-state index in [2.05, 4.69) is 57.2 Å². The highest BCUT2D eigenvalue weighted by molar-refractivity contribution is 5.74. The molecule has 3 N–H and O–H groups in total. The van der Waals surface area contributed by atoms with E-state index in [4.69, 9.17) is 23.7 Å². The number of carbonyl (C=O) groups is 4. The minimum atomic E-state index is -1.93. The number of aliphatic hydroxyl groups excluding tert-OH is 2. The number of carboxylic acid groups (broad SMARTS) is 1. The SMILES string of the molecule is CC/C=C\C/C=C\C/C=C\C/C=C\C/C=C\CC(=O)OC1C(OCC(COC(=O)CCCCCCCCCCCCCCCCCCCCC)OC(=O)CCCCCCCCCCCCCCC)OC(C(=O)O)C(O)C1O. The van der Waals surface area contributed by atoms with Gasteiger partial charge in [0.2, 0.25) is 0 Å². The number of rotatable bonds is 53. The molecule has 6 unspecified atom stereocenters. The van der Waals surface area contributed by atoms with Crippen LogP contribution < -0.4 is 0 Å². The number of carbonyl (C=O) groups excluding carboxylic acids is 3. The van der Waals surface area contributed by atoms with Crippen LogP contribution in [0.1, 0.15) is 278 Å². The summed E-state index contributed by atoms with van der Waals surface area (Å²) in [5, 5.41) is 31.5. The first-order valence-corrected chi connectivity index (χ1v) is 31.3. The molecule has 0 saturated carbocycles. The van der Waals surface area contributed by atoms with Crippen LogP contribution in [-0.4, -0.2) is 89.2 Å². The third-order valence-corrected chi connectivity index (χ3v) is 14.1. The van der Waals surface area contributed by atoms with Gasteiger partial charge in [0.05, 0.1) is 13.0 Å². The van der Waals surface area contributed by atoms with Crippen molar-refractivity contribution in [1.29, 1.82) is 0 Å². The van der Waals surface area contributed by atoms with Gasteiger partial charge in [-0.15, -0.1) is 0 Å². The number of esters is 3. The van der Waals surface area contributed by atoms with Crippen LogP contribution in [0.2, 0.25) is 0 Å². The molecule has 0 radical (unpaired) electrons. The fourth-order valence-corrected chi connectivity index (χ4v) is 9.39. The highest BCUT2D eigenvalue weighted by atomic mass is 16.7. The molecule has 0 aromatic heterocycles. The molecule has 0 bridgehead atoms. The molecular formula is C65H112O12. The van der Waals surface area contributed by atoms with Crippen molar-refractivity contribution in [2.24, 2.45) is 0 Å². The predicted molar refractivity (Wildman–Crippen MR) is 312 cm³/mol. The summed E-state index contributed by atoms with van der Waals surface area (Å²) in [5.74, 6) is -3.26. The van der Waals surface area contributed by atoms with Crippen molar-refractivity contribution in [2.45, 2.75) is 314 Å². The number of carboxylic acids is 1. The Bertz CT molecular complexity index is 1570. The number of allylic oxidation sites excluding steroid dienone is 9. The summed E-state index contributed by atoms with van der Waals surface area (Å²) in [6.45, 7) is 5.87. The normalized spacial score (nSPS) is 18.4. The molecule has 1 rings (SSSR count). The van der Waals surface area contributed by atoms with Crippen LogP contribution in [0.4, 0.5) is 0 Å². The van der Waals surface area contributed by atoms with E-state index in [1.807, 2.05) is 12.2 Å². The fraction of sp³-hybridized carbons (Fsp3) is 0.785. The standard InChI is InChI=1S/C65H112O12/c1-4-7-10-13-16-19-22-25-27-28-29-30-32-34-36-39-42-45-48-51-57(66)73-54-56(75-58(67)52-49-46-43-40-37-33-24-21-18-15-12-9-6-3)55-74-65-63(61(70)60(69)62(77-65)64(71)72)76-59(68)53-50-47-44-41-38-35-31-26-23-20-17-14-11-8-5-2/h8,11,17,20,26,31,38,41,47,50,56,60-63,65,69-70H,4-7,9-10,12-16,18-19,21-25,27-30,32-37,39-40,42-46,48-49,51-55H2,1-3H3,(H,71,72)/b11-8-,20-17-,31-26-,41-38-,50-47-. The van der Waals surface area contributed by atoms with Gasteiger partial charge in [-0.2, -0.15) is 0 Å². The molecule has 6 atom stereocenters. The van der Waals surface area contributed by atoms with Gasteiger partial charge >= 0.3 is 23.9 Å². The summed E-state index contributed by atoms with van der Waals surface area (Å²) in [5.41, 5.74) is 0. The van der Waals surface area contributed by atoms with E-state index in [9.17, 15) is 34.5 Å². The Kier molecular flexibility index (Phi) is 49.2. The van der Waals surface area contributed by atoms with E-state index in [1.54, 1.807) is 12.2 Å². The molecule has 0 aromatic rings. The van der Waals surface area contributed by atoms with Crippen molar-refractivity contribution in [3.8, 4) is 0 Å². The van der Waals surface area contributed by atoms with Gasteiger partial charge < -0.3 is 39.0 Å². The highest BCUT2D eigenvalue weighted by Crippen LogP contribution is 2.26. The molecule has 12 nitrogen and oxygen atoms in total. The van der Waals surface area contributed by atoms with Gasteiger partial charge in [-0.3, -0.25) is 14.4 Å². The van der Waals surface area contributed by atoms with Crippen molar-refractivity contribution >= 4 is 23.9 Å². The second-order valence-corrected chi connectivity index (χ2v) is 21.3. The van der Waals surface area contributed by atoms with E-state index in [0.29, 0.717) is 19.3 Å². The number of ether oxygens (including phenoxy) is 5. The quantitative estimate of drug-likeness (QED) is 0.0228. The van der Waals surface area contributed by atoms with Crippen LogP contribution in [0, 0.1) is 0 Å². The fourth-order valence-electron chi connectivity index (χ4n) is 9.39. The summed E-state index contributed by atoms with van der Waals surface area (Å²) in [6.07, 6.45) is 53.6. The summed E-state index contributed by atoms with van der Waals surface area (Å²) < 4.78 is 28.3. The van der Waals surface area contributed by atoms with Crippen molar-refractivity contribution < 1.29 is 58.2 Å². The first-order valence-electron chi connectivity index (χ1n) is 31.3. The summed E-state index contributed by atoms with van der Waals surface area (Å²) in [6, 6.07) is 0. The molecule has 1 fully saturated rings. The molecule has 444 valence electrons. The Morgan fingerprint density at radius 2 is 0.805 bits per heavy atom. The largest absolute Gasteiger partial charge is 0.479 e. The van der Waals surface area contributed by atoms with Crippen molar-refractivity contribution in [3.63, 3.8) is 0 Å². The molecule has 1 aliphatic rings. The van der Waals surface area contributed by atoms with Gasteiger partial charge in [-0.25, -0.2) is 4.79 Å². The second kappa shape index (κ2) is 53.1. The number of hydrogen-bond donors (Lipinski definition) is 3. The minimum absolute atomic E-state index is 0.156. The smallest absolute Gasteiger partial charge is 0.335 e. The Labute approximate surface area is 468 Å². The zero-order chi connectivity index (χ0) is 56.1. The lowest BCUT2D eigenvalue weighted by Gasteiger charge is -2.40. The van der Waals surface area contributed by atoms with E-state index >= 15 is 0 Å². The lowest BCUT2D eigenvalue weighted by molar-refractivity contribution is -0.301. The zero-order valence-electron chi connectivity index (χ0n) is 49.0. The van der Waals surface area contributed by atoms with E-state index in [-0.39, 0.29) is 25.9 Å². The number of hydrogen-bond acceptors (Lipinski definition) is 11. The van der Waals surface area contributed by atoms with Gasteiger partial charge in [0.25, 0.3) is 0 Å². The van der Waals surface area contributed by atoms with E-state index in [0.717, 1.165) is 64.2 Å². The molecule has 1 heterocycles. The van der Waals surface area contributed by atoms with Gasteiger partial charge in [0.1, 0.15) is 18.8 Å². The van der Waals surface area contributed by atoms with Crippen molar-refractivity contribution in [2.75, 3.05) is 13.2 Å². The van der Waals surface area contributed by atoms with E-state index < -0.39 is 67.3 Å². The zero-order valence-corrected chi connectivity index (χ0v) is 49.0. The monoisotopic (exact) mass is 1080 g/mol. The maximum Gasteiger partial charge on any atom is 0.335 e. The van der Waals surface area contributed by atoms with Crippen LogP contribution in [-0.2, 0) is 42.9 Å². The van der Waals surface area contributed by atoms with Crippen LogP contribution in [0.25, 0.3) is 0 Å². The first-order chi connectivity index (χ1) is 37.6. The minimum Gasteiger partial charge on any atom is -0.479 e. The first kappa shape index (κ1) is 71.4. The lowest BCUT2D eigenvalue weighted by atomic mass is 9.98. The summed E-state index contributed by atoms with van der Waals surface area (Å²) >= 11 is 0. The molecule has 0 spiro atoms. The number of aliphatic carboxylic acids is 1. The van der Waals surface area contributed by atoms with Gasteiger partial charge in [0.15, 0.2) is 24.6 Å².